The first-order chi connectivity index (χ1) is 14.4. The summed E-state index contributed by atoms with van der Waals surface area (Å²) < 4.78 is 14.8. The van der Waals surface area contributed by atoms with E-state index in [9.17, 15) is 9.18 Å². The molecular formula is C20H19FN6OS2. The van der Waals surface area contributed by atoms with Gasteiger partial charge in [0.05, 0.1) is 12.1 Å². The number of thiazole rings is 1. The molecule has 0 fully saturated rings. The predicted molar refractivity (Wildman–Crippen MR) is 117 cm³/mol. The molecule has 0 aliphatic rings. The first-order valence-corrected chi connectivity index (χ1v) is 11.2. The summed E-state index contributed by atoms with van der Waals surface area (Å²) in [6.07, 6.45) is 2.06. The Hall–Kier alpha value is -2.85. The van der Waals surface area contributed by atoms with Crippen LogP contribution >= 0.6 is 23.1 Å². The van der Waals surface area contributed by atoms with Crippen molar-refractivity contribution in [2.75, 3.05) is 11.6 Å². The lowest BCUT2D eigenvalue weighted by Crippen LogP contribution is -2.17. The number of amides is 1. The van der Waals surface area contributed by atoms with Crippen molar-refractivity contribution < 1.29 is 9.18 Å². The maximum atomic E-state index is 13.2. The average molecular weight is 443 g/mol. The van der Waals surface area contributed by atoms with Crippen LogP contribution in [0.5, 0.6) is 0 Å². The van der Waals surface area contributed by atoms with Gasteiger partial charge in [-0.25, -0.2) is 18.9 Å². The maximum absolute atomic E-state index is 13.2. The van der Waals surface area contributed by atoms with E-state index in [0.717, 1.165) is 33.1 Å². The first kappa shape index (κ1) is 20.4. The minimum absolute atomic E-state index is 0.152. The Balaban J connectivity index is 1.55. The molecular weight excluding hydrogens is 423 g/mol. The normalized spacial score (nSPS) is 11.2. The number of nitrogens with one attached hydrogen (secondary N) is 1. The number of aryl methyl sites for hydroxylation is 3. The van der Waals surface area contributed by atoms with Crippen LogP contribution in [0.4, 0.5) is 9.52 Å². The molecule has 1 amide bonds. The Morgan fingerprint density at radius 3 is 2.60 bits per heavy atom. The number of fused-ring (bicyclic) bond motifs is 1. The molecule has 1 aromatic carbocycles. The molecule has 0 unspecified atom stereocenters. The molecule has 0 radical (unpaired) electrons. The van der Waals surface area contributed by atoms with Crippen LogP contribution in [0.1, 0.15) is 21.8 Å². The molecule has 0 aliphatic carbocycles. The van der Waals surface area contributed by atoms with Crippen LogP contribution in [0, 0.1) is 26.6 Å². The number of carbonyl (C=O) groups excluding carboxylic acids is 1. The third-order valence-corrected chi connectivity index (χ3v) is 6.13. The molecule has 1 N–H and O–H groups in total. The highest BCUT2D eigenvalue weighted by atomic mass is 32.2. The maximum Gasteiger partial charge on any atom is 0.253 e. The summed E-state index contributed by atoms with van der Waals surface area (Å²) in [4.78, 5) is 27.0. The molecule has 7 nitrogen and oxygen atoms in total. The average Bonchev–Trinajstić information content (AvgIpc) is 3.29. The number of hydrogen-bond acceptors (Lipinski definition) is 7. The van der Waals surface area contributed by atoms with Gasteiger partial charge in [0.2, 0.25) is 11.1 Å². The molecule has 0 saturated heterocycles. The predicted octanol–water partition coefficient (Wildman–Crippen LogP) is 4.22. The highest BCUT2D eigenvalue weighted by Gasteiger charge is 2.18. The summed E-state index contributed by atoms with van der Waals surface area (Å²) in [5, 5.41) is 8.43. The second-order valence-electron chi connectivity index (χ2n) is 6.73. The fourth-order valence-electron chi connectivity index (χ4n) is 3.18. The SMILES string of the molecule is CSc1nc2nc(C)c(CC(=O)Nc3nc(-c4ccc(F)cc4)c(C)s3)c(C)n2n1. The van der Waals surface area contributed by atoms with E-state index in [4.69, 9.17) is 0 Å². The number of halogens is 1. The Kier molecular flexibility index (Phi) is 5.52. The van der Waals surface area contributed by atoms with Crippen molar-refractivity contribution in [2.24, 2.45) is 0 Å². The highest BCUT2D eigenvalue weighted by molar-refractivity contribution is 7.98. The van der Waals surface area contributed by atoms with E-state index < -0.39 is 0 Å². The summed E-state index contributed by atoms with van der Waals surface area (Å²) in [6.45, 7) is 5.69. The van der Waals surface area contributed by atoms with E-state index in [1.54, 1.807) is 16.6 Å². The summed E-state index contributed by atoms with van der Waals surface area (Å²) in [7, 11) is 0. The Labute approximate surface area is 180 Å². The largest absolute Gasteiger partial charge is 0.302 e. The zero-order valence-corrected chi connectivity index (χ0v) is 18.5. The minimum atomic E-state index is -0.298. The zero-order valence-electron chi connectivity index (χ0n) is 16.9. The van der Waals surface area contributed by atoms with Crippen LogP contribution in [-0.2, 0) is 11.2 Å². The summed E-state index contributed by atoms with van der Waals surface area (Å²) in [6, 6.07) is 6.15. The zero-order chi connectivity index (χ0) is 21.4. The lowest BCUT2D eigenvalue weighted by molar-refractivity contribution is -0.115. The van der Waals surface area contributed by atoms with Gasteiger partial charge < -0.3 is 5.32 Å². The van der Waals surface area contributed by atoms with Crippen LogP contribution in [0.15, 0.2) is 29.4 Å². The number of rotatable bonds is 5. The van der Waals surface area contributed by atoms with Gasteiger partial charge in [-0.3, -0.25) is 4.79 Å². The second-order valence-corrected chi connectivity index (χ2v) is 8.70. The molecule has 4 aromatic rings. The number of carbonyl (C=O) groups is 1. The third-order valence-electron chi connectivity index (χ3n) is 4.71. The summed E-state index contributed by atoms with van der Waals surface area (Å²) >= 11 is 2.83. The molecule has 3 aromatic heterocycles. The fourth-order valence-corrected chi connectivity index (χ4v) is 4.37. The van der Waals surface area contributed by atoms with Gasteiger partial charge in [0.1, 0.15) is 5.82 Å². The van der Waals surface area contributed by atoms with Gasteiger partial charge in [-0.05, 0) is 51.3 Å². The second kappa shape index (κ2) is 8.11. The van der Waals surface area contributed by atoms with Gasteiger partial charge in [0.25, 0.3) is 5.78 Å². The van der Waals surface area contributed by atoms with Crippen LogP contribution in [0.2, 0.25) is 0 Å². The van der Waals surface area contributed by atoms with Crippen LogP contribution in [0.3, 0.4) is 0 Å². The van der Waals surface area contributed by atoms with E-state index >= 15 is 0 Å². The van der Waals surface area contributed by atoms with E-state index in [0.29, 0.717) is 16.1 Å². The van der Waals surface area contributed by atoms with Gasteiger partial charge >= 0.3 is 0 Å². The van der Waals surface area contributed by atoms with E-state index in [2.05, 4.69) is 25.4 Å². The molecule has 0 aliphatic heterocycles. The van der Waals surface area contributed by atoms with Crippen LogP contribution in [-0.4, -0.2) is 36.7 Å². The standard InChI is InChI=1S/C20H19FN6OS2/c1-10-15(11(2)27-18(22-10)25-20(26-27)29-4)9-16(28)23-19-24-17(12(3)30-19)13-5-7-14(21)8-6-13/h5-8H,9H2,1-4H3,(H,23,24,28). The highest BCUT2D eigenvalue weighted by Crippen LogP contribution is 2.30. The van der Waals surface area contributed by atoms with Crippen LogP contribution in [0.25, 0.3) is 17.0 Å². The van der Waals surface area contributed by atoms with Gasteiger partial charge in [-0.1, -0.05) is 11.8 Å². The van der Waals surface area contributed by atoms with Gasteiger partial charge in [0, 0.05) is 27.4 Å². The van der Waals surface area contributed by atoms with E-state index in [-0.39, 0.29) is 18.1 Å². The Morgan fingerprint density at radius 2 is 1.90 bits per heavy atom. The Morgan fingerprint density at radius 1 is 1.17 bits per heavy atom. The number of nitrogens with zero attached hydrogens (tertiary/aromatic N) is 5. The van der Waals surface area contributed by atoms with Crippen molar-refractivity contribution in [2.45, 2.75) is 32.3 Å². The number of anilines is 1. The van der Waals surface area contributed by atoms with Crippen molar-refractivity contribution in [3.63, 3.8) is 0 Å². The summed E-state index contributed by atoms with van der Waals surface area (Å²) in [5.41, 5.74) is 3.94. The molecule has 3 heterocycles. The fraction of sp³-hybridized carbons (Fsp3) is 0.250. The van der Waals surface area contributed by atoms with Crippen molar-refractivity contribution >= 4 is 39.9 Å². The third kappa shape index (κ3) is 3.92. The number of benzene rings is 1. The smallest absolute Gasteiger partial charge is 0.253 e. The number of thioether (sulfide) groups is 1. The van der Waals surface area contributed by atoms with E-state index in [1.807, 2.05) is 27.0 Å². The number of hydrogen-bond donors (Lipinski definition) is 1. The molecule has 0 atom stereocenters. The lowest BCUT2D eigenvalue weighted by atomic mass is 10.1. The van der Waals surface area contributed by atoms with Gasteiger partial charge in [0.15, 0.2) is 5.13 Å². The minimum Gasteiger partial charge on any atom is -0.302 e. The molecule has 30 heavy (non-hydrogen) atoms. The lowest BCUT2D eigenvalue weighted by Gasteiger charge is -2.09. The van der Waals surface area contributed by atoms with Crippen LogP contribution < -0.4 is 5.32 Å². The van der Waals surface area contributed by atoms with Crippen molar-refractivity contribution in [1.29, 1.82) is 0 Å². The molecule has 10 heteroatoms. The summed E-state index contributed by atoms with van der Waals surface area (Å²) in [5.74, 6) is 0.0402. The van der Waals surface area contributed by atoms with Crippen molar-refractivity contribution in [1.82, 2.24) is 24.6 Å². The quantitative estimate of drug-likeness (QED) is 0.466. The first-order valence-electron chi connectivity index (χ1n) is 9.15. The molecule has 154 valence electrons. The van der Waals surface area contributed by atoms with Crippen molar-refractivity contribution in [3.8, 4) is 11.3 Å². The molecule has 0 saturated carbocycles. The van der Waals surface area contributed by atoms with Gasteiger partial charge in [-0.15, -0.1) is 16.4 Å². The topological polar surface area (TPSA) is 85.1 Å². The number of aromatic nitrogens is 5. The van der Waals surface area contributed by atoms with E-state index in [1.165, 1.54) is 35.2 Å². The van der Waals surface area contributed by atoms with Gasteiger partial charge in [-0.2, -0.15) is 4.98 Å². The Bertz CT molecular complexity index is 1250. The monoisotopic (exact) mass is 442 g/mol. The molecule has 4 rings (SSSR count). The van der Waals surface area contributed by atoms with Crippen molar-refractivity contribution in [3.05, 3.63) is 51.9 Å². The molecule has 0 bridgehead atoms. The molecule has 0 spiro atoms.